The van der Waals surface area contributed by atoms with Crippen molar-refractivity contribution in [3.63, 3.8) is 0 Å². The van der Waals surface area contributed by atoms with Crippen molar-refractivity contribution in [1.82, 2.24) is 4.57 Å². The zero-order valence-electron chi connectivity index (χ0n) is 13.0. The average Bonchev–Trinajstić information content (AvgIpc) is 2.88. The Labute approximate surface area is 130 Å². The van der Waals surface area contributed by atoms with E-state index in [0.717, 1.165) is 6.54 Å². The highest BCUT2D eigenvalue weighted by Crippen LogP contribution is 2.32. The Kier molecular flexibility index (Phi) is 3.00. The SMILES string of the molecule is CCn1c2ccccc2c2cc(-c3ccc(C)cc3)ccc21. The normalized spacial score (nSPS) is 11.4. The molecule has 1 nitrogen and oxygen atoms in total. The molecule has 1 heterocycles. The number of rotatable bonds is 2. The summed E-state index contributed by atoms with van der Waals surface area (Å²) in [5.74, 6) is 0. The largest absolute Gasteiger partial charge is 0.341 e. The molecule has 1 aromatic heterocycles. The van der Waals surface area contributed by atoms with Gasteiger partial charge in [0.15, 0.2) is 0 Å². The van der Waals surface area contributed by atoms with Crippen LogP contribution >= 0.6 is 0 Å². The molecule has 0 bridgehead atoms. The molecule has 0 fully saturated rings. The van der Waals surface area contributed by atoms with E-state index in [0.29, 0.717) is 0 Å². The van der Waals surface area contributed by atoms with Crippen molar-refractivity contribution >= 4 is 21.8 Å². The number of nitrogens with zero attached hydrogens (tertiary/aromatic N) is 1. The van der Waals surface area contributed by atoms with Crippen LogP contribution in [0.5, 0.6) is 0 Å². The fraction of sp³-hybridized carbons (Fsp3) is 0.143. The highest BCUT2D eigenvalue weighted by atomic mass is 15.0. The standard InChI is InChI=1S/C21H19N/c1-3-22-20-7-5-4-6-18(20)19-14-17(12-13-21(19)22)16-10-8-15(2)9-11-16/h4-14H,3H2,1-2H3. The first kappa shape index (κ1) is 13.1. The average molecular weight is 285 g/mol. The summed E-state index contributed by atoms with van der Waals surface area (Å²) >= 11 is 0. The lowest BCUT2D eigenvalue weighted by atomic mass is 10.0. The Morgan fingerprint density at radius 3 is 2.18 bits per heavy atom. The van der Waals surface area contributed by atoms with Gasteiger partial charge in [-0.05, 0) is 43.2 Å². The van der Waals surface area contributed by atoms with Gasteiger partial charge in [0.2, 0.25) is 0 Å². The topological polar surface area (TPSA) is 4.93 Å². The molecule has 108 valence electrons. The van der Waals surface area contributed by atoms with Gasteiger partial charge in [-0.1, -0.05) is 54.1 Å². The maximum atomic E-state index is 2.39. The Morgan fingerprint density at radius 2 is 1.41 bits per heavy atom. The molecule has 4 rings (SSSR count). The van der Waals surface area contributed by atoms with Gasteiger partial charge in [0.25, 0.3) is 0 Å². The molecule has 0 saturated carbocycles. The summed E-state index contributed by atoms with van der Waals surface area (Å²) < 4.78 is 2.39. The van der Waals surface area contributed by atoms with Crippen LogP contribution in [-0.2, 0) is 6.54 Å². The number of aryl methyl sites for hydroxylation is 2. The third-order valence-electron chi connectivity index (χ3n) is 4.47. The van der Waals surface area contributed by atoms with Crippen molar-refractivity contribution in [3.05, 3.63) is 72.3 Å². The maximum absolute atomic E-state index is 2.39. The third kappa shape index (κ3) is 1.93. The zero-order chi connectivity index (χ0) is 15.1. The van der Waals surface area contributed by atoms with Crippen LogP contribution in [0, 0.1) is 6.92 Å². The minimum atomic E-state index is 0.994. The monoisotopic (exact) mass is 285 g/mol. The number of fused-ring (bicyclic) bond motifs is 3. The highest BCUT2D eigenvalue weighted by Gasteiger charge is 2.10. The number of benzene rings is 3. The summed E-state index contributed by atoms with van der Waals surface area (Å²) in [6.45, 7) is 5.33. The van der Waals surface area contributed by atoms with Crippen LogP contribution in [0.15, 0.2) is 66.7 Å². The van der Waals surface area contributed by atoms with Crippen molar-refractivity contribution < 1.29 is 0 Å². The van der Waals surface area contributed by atoms with E-state index in [-0.39, 0.29) is 0 Å². The number of aromatic nitrogens is 1. The van der Waals surface area contributed by atoms with Crippen molar-refractivity contribution in [2.24, 2.45) is 0 Å². The first-order chi connectivity index (χ1) is 10.8. The van der Waals surface area contributed by atoms with Crippen LogP contribution < -0.4 is 0 Å². The summed E-state index contributed by atoms with van der Waals surface area (Å²) in [5.41, 5.74) is 6.50. The van der Waals surface area contributed by atoms with Crippen molar-refractivity contribution in [3.8, 4) is 11.1 Å². The van der Waals surface area contributed by atoms with Gasteiger partial charge >= 0.3 is 0 Å². The first-order valence-electron chi connectivity index (χ1n) is 7.86. The van der Waals surface area contributed by atoms with E-state index in [1.807, 2.05) is 0 Å². The molecular weight excluding hydrogens is 266 g/mol. The maximum Gasteiger partial charge on any atom is 0.0491 e. The fourth-order valence-corrected chi connectivity index (χ4v) is 3.32. The lowest BCUT2D eigenvalue weighted by molar-refractivity contribution is 0.827. The Hall–Kier alpha value is -2.54. The zero-order valence-corrected chi connectivity index (χ0v) is 13.0. The van der Waals surface area contributed by atoms with Gasteiger partial charge in [-0.15, -0.1) is 0 Å². The molecule has 0 spiro atoms. The van der Waals surface area contributed by atoms with Crippen LogP contribution in [0.3, 0.4) is 0 Å². The van der Waals surface area contributed by atoms with Crippen molar-refractivity contribution in [2.75, 3.05) is 0 Å². The van der Waals surface area contributed by atoms with Crippen LogP contribution in [0.25, 0.3) is 32.9 Å². The molecule has 0 aliphatic rings. The van der Waals surface area contributed by atoms with E-state index in [1.54, 1.807) is 0 Å². The van der Waals surface area contributed by atoms with E-state index in [4.69, 9.17) is 0 Å². The molecule has 0 amide bonds. The fourth-order valence-electron chi connectivity index (χ4n) is 3.32. The summed E-state index contributed by atoms with van der Waals surface area (Å²) in [7, 11) is 0. The number of para-hydroxylation sites is 1. The Bertz CT molecular complexity index is 958. The van der Waals surface area contributed by atoms with Crippen LogP contribution in [0.4, 0.5) is 0 Å². The van der Waals surface area contributed by atoms with Gasteiger partial charge < -0.3 is 4.57 Å². The predicted octanol–water partition coefficient (Wildman–Crippen LogP) is 5.79. The molecule has 1 heteroatoms. The molecule has 22 heavy (non-hydrogen) atoms. The molecule has 3 aromatic carbocycles. The molecule has 0 saturated heterocycles. The minimum absolute atomic E-state index is 0.994. The van der Waals surface area contributed by atoms with E-state index < -0.39 is 0 Å². The lowest BCUT2D eigenvalue weighted by Gasteiger charge is -2.05. The van der Waals surface area contributed by atoms with Crippen LogP contribution in [0.1, 0.15) is 12.5 Å². The highest BCUT2D eigenvalue weighted by molar-refractivity contribution is 6.09. The summed E-state index contributed by atoms with van der Waals surface area (Å²) in [6.07, 6.45) is 0. The number of hydrogen-bond acceptors (Lipinski definition) is 0. The van der Waals surface area contributed by atoms with Crippen molar-refractivity contribution in [1.29, 1.82) is 0 Å². The van der Waals surface area contributed by atoms with Gasteiger partial charge in [-0.25, -0.2) is 0 Å². The van der Waals surface area contributed by atoms with Gasteiger partial charge in [-0.2, -0.15) is 0 Å². The Morgan fingerprint density at radius 1 is 0.727 bits per heavy atom. The molecule has 0 N–H and O–H groups in total. The molecule has 0 aliphatic carbocycles. The Balaban J connectivity index is 2.01. The van der Waals surface area contributed by atoms with Gasteiger partial charge in [-0.3, -0.25) is 0 Å². The second kappa shape index (κ2) is 5.03. The second-order valence-corrected chi connectivity index (χ2v) is 5.86. The number of hydrogen-bond donors (Lipinski definition) is 0. The van der Waals surface area contributed by atoms with Crippen LogP contribution in [-0.4, -0.2) is 4.57 Å². The van der Waals surface area contributed by atoms with Gasteiger partial charge in [0.05, 0.1) is 0 Å². The van der Waals surface area contributed by atoms with E-state index in [9.17, 15) is 0 Å². The van der Waals surface area contributed by atoms with E-state index >= 15 is 0 Å². The first-order valence-corrected chi connectivity index (χ1v) is 7.86. The van der Waals surface area contributed by atoms with E-state index in [1.165, 1.54) is 38.5 Å². The predicted molar refractivity (Wildman–Crippen MR) is 95.3 cm³/mol. The summed E-state index contributed by atoms with van der Waals surface area (Å²) in [6, 6.07) is 24.3. The molecule has 0 unspecified atom stereocenters. The van der Waals surface area contributed by atoms with Crippen LogP contribution in [0.2, 0.25) is 0 Å². The molecule has 0 atom stereocenters. The molecule has 0 aliphatic heterocycles. The minimum Gasteiger partial charge on any atom is -0.341 e. The quantitative estimate of drug-likeness (QED) is 0.439. The van der Waals surface area contributed by atoms with Gasteiger partial charge in [0, 0.05) is 28.4 Å². The smallest absolute Gasteiger partial charge is 0.0491 e. The van der Waals surface area contributed by atoms with E-state index in [2.05, 4.69) is 85.1 Å². The molecular formula is C21H19N. The summed E-state index contributed by atoms with van der Waals surface area (Å²) in [5, 5.41) is 2.68. The van der Waals surface area contributed by atoms with Gasteiger partial charge in [0.1, 0.15) is 0 Å². The lowest BCUT2D eigenvalue weighted by Crippen LogP contribution is -1.92. The molecule has 4 aromatic rings. The van der Waals surface area contributed by atoms with Crippen molar-refractivity contribution in [2.45, 2.75) is 20.4 Å². The molecule has 0 radical (unpaired) electrons. The summed E-state index contributed by atoms with van der Waals surface area (Å²) in [4.78, 5) is 0. The third-order valence-corrected chi connectivity index (χ3v) is 4.47. The second-order valence-electron chi connectivity index (χ2n) is 5.86.